The van der Waals surface area contributed by atoms with E-state index in [1.807, 2.05) is 60.7 Å². The number of ketones is 1. The molecule has 1 aliphatic rings. The maximum Gasteiger partial charge on any atom is 0.508 e. The van der Waals surface area contributed by atoms with Crippen LogP contribution in [0.25, 0.3) is 10.9 Å². The van der Waals surface area contributed by atoms with Gasteiger partial charge in [-0.1, -0.05) is 72.3 Å². The first-order valence-corrected chi connectivity index (χ1v) is 15.2. The molecule has 2 heterocycles. The standard InChI is InChI=1S/C32H29BrClN3O7/c33-25-16-27-24(15-26(25)34)30(39)36(20-35-27)17-23(38)14-28-29(44-32(41)43-19-22-10-5-2-6-11-22)12-7-13-37(28)31(40)42-18-21-8-3-1-4-9-21/h1-6,8-11,15-16,20,28-29H,7,12-14,17-19H2. The van der Waals surface area contributed by atoms with Gasteiger partial charge in [0.1, 0.15) is 19.3 Å². The van der Waals surface area contributed by atoms with Gasteiger partial charge in [0.15, 0.2) is 5.78 Å². The number of piperidine rings is 1. The van der Waals surface area contributed by atoms with Crippen LogP contribution in [0.3, 0.4) is 0 Å². The Morgan fingerprint density at radius 2 is 1.61 bits per heavy atom. The molecule has 0 N–H and O–H groups in total. The number of ether oxygens (including phenoxy) is 3. The largest absolute Gasteiger partial charge is 0.508 e. The minimum absolute atomic E-state index is 0.0112. The highest BCUT2D eigenvalue weighted by Gasteiger charge is 2.39. The van der Waals surface area contributed by atoms with Crippen LogP contribution in [0, 0.1) is 0 Å². The second-order valence-corrected chi connectivity index (χ2v) is 11.6. The topological polar surface area (TPSA) is 117 Å². The first-order chi connectivity index (χ1) is 21.3. The molecule has 1 aliphatic heterocycles. The Balaban J connectivity index is 1.32. The van der Waals surface area contributed by atoms with E-state index in [1.165, 1.54) is 21.9 Å². The van der Waals surface area contributed by atoms with E-state index in [9.17, 15) is 19.2 Å². The van der Waals surface area contributed by atoms with Gasteiger partial charge >= 0.3 is 12.2 Å². The number of carbonyl (C=O) groups excluding carboxylic acids is 3. The zero-order valence-electron chi connectivity index (χ0n) is 23.6. The van der Waals surface area contributed by atoms with E-state index in [0.29, 0.717) is 34.4 Å². The number of hydrogen-bond donors (Lipinski definition) is 0. The first kappa shape index (κ1) is 31.2. The summed E-state index contributed by atoms with van der Waals surface area (Å²) in [6.45, 7) is 0.0506. The lowest BCUT2D eigenvalue weighted by atomic mass is 9.94. The molecule has 0 bridgehead atoms. The third kappa shape index (κ3) is 7.83. The summed E-state index contributed by atoms with van der Waals surface area (Å²) in [5.74, 6) is -0.365. The fourth-order valence-corrected chi connectivity index (χ4v) is 5.55. The molecule has 2 atom stereocenters. The van der Waals surface area contributed by atoms with Crippen LogP contribution in [-0.4, -0.2) is 51.2 Å². The van der Waals surface area contributed by atoms with Crippen LogP contribution < -0.4 is 5.56 Å². The fraction of sp³-hybridized carbons (Fsp3) is 0.281. The molecule has 10 nitrogen and oxygen atoms in total. The molecular weight excluding hydrogens is 654 g/mol. The van der Waals surface area contributed by atoms with Gasteiger partial charge in [-0.2, -0.15) is 0 Å². The normalized spacial score (nSPS) is 16.4. The van der Waals surface area contributed by atoms with E-state index in [2.05, 4.69) is 20.9 Å². The number of likely N-dealkylation sites (tertiary alicyclic amines) is 1. The van der Waals surface area contributed by atoms with Crippen LogP contribution in [0.4, 0.5) is 9.59 Å². The van der Waals surface area contributed by atoms with Crippen molar-refractivity contribution < 1.29 is 28.6 Å². The van der Waals surface area contributed by atoms with Gasteiger partial charge in [0.2, 0.25) is 0 Å². The SMILES string of the molecule is O=C(CC1C(OC(=O)OCc2ccccc2)CCCN1C(=O)OCc1ccccc1)Cn1cnc2cc(Br)c(Cl)cc2c1=O. The van der Waals surface area contributed by atoms with Crippen LogP contribution >= 0.6 is 27.5 Å². The van der Waals surface area contributed by atoms with Crippen LogP contribution in [0.15, 0.2) is 88.4 Å². The summed E-state index contributed by atoms with van der Waals surface area (Å²) >= 11 is 9.50. The van der Waals surface area contributed by atoms with E-state index in [-0.39, 0.29) is 37.3 Å². The summed E-state index contributed by atoms with van der Waals surface area (Å²) < 4.78 is 18.3. The second kappa shape index (κ2) is 14.5. The Bertz CT molecular complexity index is 1700. The summed E-state index contributed by atoms with van der Waals surface area (Å²) in [7, 11) is 0. The number of halogens is 2. The first-order valence-electron chi connectivity index (χ1n) is 14.0. The molecule has 0 radical (unpaired) electrons. The lowest BCUT2D eigenvalue weighted by Crippen LogP contribution is -2.53. The second-order valence-electron chi connectivity index (χ2n) is 10.3. The number of rotatable bonds is 9. The molecule has 3 aromatic carbocycles. The summed E-state index contributed by atoms with van der Waals surface area (Å²) in [4.78, 5) is 58.2. The molecule has 2 unspecified atom stereocenters. The van der Waals surface area contributed by atoms with Crippen LogP contribution in [0.5, 0.6) is 0 Å². The van der Waals surface area contributed by atoms with Crippen molar-refractivity contribution in [2.45, 2.75) is 51.2 Å². The number of Topliss-reactive ketones (excluding diaryl/α,β-unsaturated/α-hetero) is 1. The van der Waals surface area contributed by atoms with Crippen molar-refractivity contribution in [1.29, 1.82) is 0 Å². The number of benzene rings is 3. The predicted octanol–water partition coefficient (Wildman–Crippen LogP) is 6.29. The third-order valence-electron chi connectivity index (χ3n) is 7.25. The average molecular weight is 683 g/mol. The smallest absolute Gasteiger partial charge is 0.445 e. The van der Waals surface area contributed by atoms with Crippen molar-refractivity contribution in [2.24, 2.45) is 0 Å². The Kier molecular flexibility index (Phi) is 10.3. The molecule has 12 heteroatoms. The van der Waals surface area contributed by atoms with E-state index >= 15 is 0 Å². The fourth-order valence-electron chi connectivity index (χ4n) is 5.06. The number of amides is 1. The Hall–Kier alpha value is -4.22. The van der Waals surface area contributed by atoms with E-state index < -0.39 is 30.0 Å². The maximum absolute atomic E-state index is 13.4. The van der Waals surface area contributed by atoms with Gasteiger partial charge in [-0.05, 0) is 52.0 Å². The third-order valence-corrected chi connectivity index (χ3v) is 8.45. The van der Waals surface area contributed by atoms with Gasteiger partial charge in [-0.25, -0.2) is 14.6 Å². The Morgan fingerprint density at radius 1 is 0.955 bits per heavy atom. The number of aromatic nitrogens is 2. The average Bonchev–Trinajstić information content (AvgIpc) is 3.03. The van der Waals surface area contributed by atoms with Crippen LogP contribution in [-0.2, 0) is 38.8 Å². The number of nitrogens with zero attached hydrogens (tertiary/aromatic N) is 3. The minimum atomic E-state index is -0.909. The molecule has 4 aromatic rings. The van der Waals surface area contributed by atoms with Gasteiger partial charge < -0.3 is 19.1 Å². The molecule has 228 valence electrons. The van der Waals surface area contributed by atoms with Crippen molar-refractivity contribution >= 4 is 56.5 Å². The Morgan fingerprint density at radius 3 is 2.30 bits per heavy atom. The van der Waals surface area contributed by atoms with Gasteiger partial charge in [0, 0.05) is 17.4 Å². The minimum Gasteiger partial charge on any atom is -0.445 e. The molecule has 1 fully saturated rings. The van der Waals surface area contributed by atoms with Crippen molar-refractivity contribution in [3.05, 3.63) is 110 Å². The van der Waals surface area contributed by atoms with Crippen molar-refractivity contribution in [1.82, 2.24) is 14.5 Å². The summed E-state index contributed by atoms with van der Waals surface area (Å²) in [5, 5.41) is 0.603. The van der Waals surface area contributed by atoms with Crippen molar-refractivity contribution in [2.75, 3.05) is 6.54 Å². The van der Waals surface area contributed by atoms with Crippen molar-refractivity contribution in [3.63, 3.8) is 0 Å². The molecule has 5 rings (SSSR count). The molecule has 44 heavy (non-hydrogen) atoms. The highest BCUT2D eigenvalue weighted by atomic mass is 79.9. The van der Waals surface area contributed by atoms with Gasteiger partial charge in [0.05, 0.1) is 34.8 Å². The van der Waals surface area contributed by atoms with E-state index in [4.69, 9.17) is 25.8 Å². The van der Waals surface area contributed by atoms with Gasteiger partial charge in [0.25, 0.3) is 5.56 Å². The maximum atomic E-state index is 13.4. The van der Waals surface area contributed by atoms with E-state index in [0.717, 1.165) is 11.1 Å². The van der Waals surface area contributed by atoms with Crippen LogP contribution in [0.1, 0.15) is 30.4 Å². The number of fused-ring (bicyclic) bond motifs is 1. The molecule has 0 aliphatic carbocycles. The monoisotopic (exact) mass is 681 g/mol. The highest BCUT2D eigenvalue weighted by Crippen LogP contribution is 2.27. The zero-order chi connectivity index (χ0) is 31.1. The Labute approximate surface area is 266 Å². The molecule has 1 saturated heterocycles. The predicted molar refractivity (Wildman–Crippen MR) is 166 cm³/mol. The van der Waals surface area contributed by atoms with Crippen molar-refractivity contribution in [3.8, 4) is 0 Å². The molecule has 1 amide bonds. The van der Waals surface area contributed by atoms with E-state index in [1.54, 1.807) is 6.07 Å². The lowest BCUT2D eigenvalue weighted by Gasteiger charge is -2.39. The molecular formula is C32H29BrClN3O7. The molecule has 0 saturated carbocycles. The zero-order valence-corrected chi connectivity index (χ0v) is 25.9. The summed E-state index contributed by atoms with van der Waals surface area (Å²) in [5.41, 5.74) is 1.59. The highest BCUT2D eigenvalue weighted by molar-refractivity contribution is 9.10. The van der Waals surface area contributed by atoms with Gasteiger partial charge in [-0.3, -0.25) is 14.2 Å². The number of carbonyl (C=O) groups is 3. The number of hydrogen-bond acceptors (Lipinski definition) is 8. The molecule has 0 spiro atoms. The lowest BCUT2D eigenvalue weighted by molar-refractivity contribution is -0.123. The summed E-state index contributed by atoms with van der Waals surface area (Å²) in [6.07, 6.45) is -0.343. The summed E-state index contributed by atoms with van der Waals surface area (Å²) in [6, 6.07) is 20.6. The van der Waals surface area contributed by atoms with Gasteiger partial charge in [-0.15, -0.1) is 0 Å². The quantitative estimate of drug-likeness (QED) is 0.189. The van der Waals surface area contributed by atoms with Crippen LogP contribution in [0.2, 0.25) is 5.02 Å². The molecule has 1 aromatic heterocycles.